The fourth-order valence-electron chi connectivity index (χ4n) is 3.21. The number of hydrogen-bond acceptors (Lipinski definition) is 4. The van der Waals surface area contributed by atoms with Crippen LogP contribution in [0.25, 0.3) is 0 Å². The van der Waals surface area contributed by atoms with Crippen molar-refractivity contribution in [1.29, 1.82) is 0 Å². The standard InChI is InChI=1S/C13H20N4.C8H6ClFN2O2/c1-16-7-9-2-3-11-5-10(6-12(11)4-9)8-17-13(14)15;9-5-2-1-4(3-6(5)10)12-8(14)7(11)13/h2-4,10,16H,5-8H2,1H3,(H4,14,15,17);1-3H,(H2,11,13)(H,12,14)/t10-;/m0./s1. The van der Waals surface area contributed by atoms with Crippen molar-refractivity contribution in [2.24, 2.45) is 28.1 Å². The Balaban J connectivity index is 0.000000225. The minimum Gasteiger partial charge on any atom is -0.370 e. The summed E-state index contributed by atoms with van der Waals surface area (Å²) in [4.78, 5) is 25.2. The lowest BCUT2D eigenvalue weighted by Gasteiger charge is -2.04. The monoisotopic (exact) mass is 448 g/mol. The van der Waals surface area contributed by atoms with E-state index in [2.05, 4.69) is 39.6 Å². The molecule has 0 unspecified atom stereocenters. The van der Waals surface area contributed by atoms with E-state index in [0.29, 0.717) is 5.92 Å². The molecule has 8 N–H and O–H groups in total. The van der Waals surface area contributed by atoms with Crippen molar-refractivity contribution < 1.29 is 14.0 Å². The van der Waals surface area contributed by atoms with Crippen LogP contribution in [-0.2, 0) is 29.0 Å². The van der Waals surface area contributed by atoms with Gasteiger partial charge in [0.1, 0.15) is 5.82 Å². The van der Waals surface area contributed by atoms with Crippen LogP contribution in [0.1, 0.15) is 16.7 Å². The van der Waals surface area contributed by atoms with Crippen molar-refractivity contribution in [3.05, 3.63) is 63.9 Å². The maximum Gasteiger partial charge on any atom is 0.313 e. The van der Waals surface area contributed by atoms with Crippen molar-refractivity contribution in [1.82, 2.24) is 5.32 Å². The average molecular weight is 449 g/mol. The fraction of sp³-hybridized carbons (Fsp3) is 0.286. The summed E-state index contributed by atoms with van der Waals surface area (Å²) < 4.78 is 12.8. The number of amides is 2. The van der Waals surface area contributed by atoms with Gasteiger partial charge in [0.25, 0.3) is 0 Å². The zero-order chi connectivity index (χ0) is 23.0. The second-order valence-electron chi connectivity index (χ2n) is 7.12. The fourth-order valence-corrected chi connectivity index (χ4v) is 3.32. The SMILES string of the molecule is CNCc1ccc2c(c1)C[C@@H](CN=C(N)N)C2.NC(=O)C(=O)Nc1ccc(Cl)c(F)c1. The van der Waals surface area contributed by atoms with Gasteiger partial charge in [-0.05, 0) is 60.7 Å². The Morgan fingerprint density at radius 1 is 1.13 bits per heavy atom. The van der Waals surface area contributed by atoms with Crippen molar-refractivity contribution in [2.75, 3.05) is 18.9 Å². The number of nitrogens with zero attached hydrogens (tertiary/aromatic N) is 1. The summed E-state index contributed by atoms with van der Waals surface area (Å²) in [7, 11) is 1.97. The Morgan fingerprint density at radius 2 is 1.84 bits per heavy atom. The van der Waals surface area contributed by atoms with E-state index in [-0.39, 0.29) is 16.7 Å². The number of primary amides is 1. The molecule has 0 saturated heterocycles. The Kier molecular flexibility index (Phi) is 8.77. The van der Waals surface area contributed by atoms with Crippen molar-refractivity contribution in [3.63, 3.8) is 0 Å². The smallest absolute Gasteiger partial charge is 0.313 e. The van der Waals surface area contributed by atoms with Gasteiger partial charge in [0.05, 0.1) is 5.02 Å². The minimum atomic E-state index is -1.14. The van der Waals surface area contributed by atoms with E-state index in [1.54, 1.807) is 0 Å². The van der Waals surface area contributed by atoms with Gasteiger partial charge in [-0.1, -0.05) is 29.8 Å². The number of carbonyl (C=O) groups excluding carboxylic acids is 2. The van der Waals surface area contributed by atoms with Crippen LogP contribution >= 0.6 is 11.6 Å². The van der Waals surface area contributed by atoms with Crippen LogP contribution in [0.3, 0.4) is 0 Å². The molecule has 166 valence electrons. The highest BCUT2D eigenvalue weighted by Crippen LogP contribution is 2.27. The van der Waals surface area contributed by atoms with Gasteiger partial charge in [0.15, 0.2) is 5.96 Å². The zero-order valence-electron chi connectivity index (χ0n) is 17.1. The molecule has 1 aliphatic rings. The molecule has 31 heavy (non-hydrogen) atoms. The normalized spacial score (nSPS) is 14.1. The van der Waals surface area contributed by atoms with E-state index in [1.165, 1.54) is 28.8 Å². The van der Waals surface area contributed by atoms with E-state index in [1.807, 2.05) is 7.05 Å². The van der Waals surface area contributed by atoms with E-state index < -0.39 is 17.6 Å². The van der Waals surface area contributed by atoms with Crippen LogP contribution < -0.4 is 27.8 Å². The first-order chi connectivity index (χ1) is 14.7. The molecule has 0 fully saturated rings. The molecule has 10 heteroatoms. The Bertz CT molecular complexity index is 978. The van der Waals surface area contributed by atoms with Gasteiger partial charge in [-0.3, -0.25) is 14.6 Å². The number of hydrogen-bond donors (Lipinski definition) is 5. The van der Waals surface area contributed by atoms with Gasteiger partial charge in [0, 0.05) is 18.8 Å². The summed E-state index contributed by atoms with van der Waals surface area (Å²) in [5.74, 6) is -2.09. The highest BCUT2D eigenvalue weighted by molar-refractivity contribution is 6.39. The molecular weight excluding hydrogens is 423 g/mol. The molecule has 1 aliphatic carbocycles. The van der Waals surface area contributed by atoms with Gasteiger partial charge in [-0.15, -0.1) is 0 Å². The molecule has 0 radical (unpaired) electrons. The minimum absolute atomic E-state index is 0.0675. The quantitative estimate of drug-likeness (QED) is 0.265. The first kappa shape index (κ1) is 24.1. The molecule has 2 amide bonds. The van der Waals surface area contributed by atoms with Crippen molar-refractivity contribution in [3.8, 4) is 0 Å². The lowest BCUT2D eigenvalue weighted by Crippen LogP contribution is -2.29. The predicted octanol–water partition coefficient (Wildman–Crippen LogP) is 1.30. The summed E-state index contributed by atoms with van der Waals surface area (Å²) in [6, 6.07) is 10.3. The van der Waals surface area contributed by atoms with Gasteiger partial charge >= 0.3 is 11.8 Å². The van der Waals surface area contributed by atoms with Gasteiger partial charge < -0.3 is 27.8 Å². The Hall–Kier alpha value is -3.17. The highest BCUT2D eigenvalue weighted by Gasteiger charge is 2.21. The molecule has 0 aromatic heterocycles. The topological polar surface area (TPSA) is 149 Å². The third kappa shape index (κ3) is 7.54. The molecule has 0 saturated carbocycles. The third-order valence-electron chi connectivity index (χ3n) is 4.60. The largest absolute Gasteiger partial charge is 0.370 e. The number of nitrogens with two attached hydrogens (primary N) is 3. The van der Waals surface area contributed by atoms with Crippen LogP contribution in [-0.4, -0.2) is 31.4 Å². The number of anilines is 1. The third-order valence-corrected chi connectivity index (χ3v) is 4.91. The average Bonchev–Trinajstić information content (AvgIpc) is 3.12. The van der Waals surface area contributed by atoms with Crippen LogP contribution in [0, 0.1) is 11.7 Å². The predicted molar refractivity (Wildman–Crippen MR) is 120 cm³/mol. The van der Waals surface area contributed by atoms with Crippen molar-refractivity contribution in [2.45, 2.75) is 19.4 Å². The van der Waals surface area contributed by atoms with Crippen LogP contribution in [0.5, 0.6) is 0 Å². The lowest BCUT2D eigenvalue weighted by molar-refractivity contribution is -0.134. The maximum absolute atomic E-state index is 12.8. The van der Waals surface area contributed by atoms with Gasteiger partial charge in [-0.25, -0.2) is 4.39 Å². The molecule has 1 atom stereocenters. The second kappa shape index (κ2) is 11.3. The molecular formula is C21H26ClFN6O2. The first-order valence-electron chi connectivity index (χ1n) is 9.56. The Labute approximate surface area is 185 Å². The molecule has 0 aliphatic heterocycles. The molecule has 0 spiro atoms. The zero-order valence-corrected chi connectivity index (χ0v) is 17.9. The van der Waals surface area contributed by atoms with Crippen LogP contribution in [0.4, 0.5) is 10.1 Å². The lowest BCUT2D eigenvalue weighted by atomic mass is 10.1. The summed E-state index contributed by atoms with van der Waals surface area (Å²) in [6.07, 6.45) is 2.18. The van der Waals surface area contributed by atoms with E-state index >= 15 is 0 Å². The summed E-state index contributed by atoms with van der Waals surface area (Å²) in [5.41, 5.74) is 19.8. The van der Waals surface area contributed by atoms with E-state index in [9.17, 15) is 14.0 Å². The Morgan fingerprint density at radius 3 is 2.45 bits per heavy atom. The van der Waals surface area contributed by atoms with Gasteiger partial charge in [-0.2, -0.15) is 0 Å². The van der Waals surface area contributed by atoms with Gasteiger partial charge in [0.2, 0.25) is 0 Å². The highest BCUT2D eigenvalue weighted by atomic mass is 35.5. The first-order valence-corrected chi connectivity index (χ1v) is 9.94. The summed E-state index contributed by atoms with van der Waals surface area (Å²) in [5, 5.41) is 5.20. The van der Waals surface area contributed by atoms with E-state index in [0.717, 1.165) is 32.0 Å². The molecule has 3 rings (SSSR count). The van der Waals surface area contributed by atoms with Crippen molar-refractivity contribution >= 4 is 35.1 Å². The number of aliphatic imine (C=N–C) groups is 1. The molecule has 2 aromatic carbocycles. The number of halogens is 2. The molecule has 0 heterocycles. The number of rotatable bonds is 5. The second-order valence-corrected chi connectivity index (χ2v) is 7.53. The summed E-state index contributed by atoms with van der Waals surface area (Å²) in [6.45, 7) is 1.66. The number of fused-ring (bicyclic) bond motifs is 1. The number of benzene rings is 2. The number of nitrogens with one attached hydrogen (secondary N) is 2. The van der Waals surface area contributed by atoms with Crippen LogP contribution in [0.2, 0.25) is 5.02 Å². The number of carbonyl (C=O) groups is 2. The molecule has 2 aromatic rings. The summed E-state index contributed by atoms with van der Waals surface area (Å²) >= 11 is 5.40. The number of guanidine groups is 1. The molecule has 0 bridgehead atoms. The molecule has 8 nitrogen and oxygen atoms in total. The van der Waals surface area contributed by atoms with Crippen LogP contribution in [0.15, 0.2) is 41.4 Å². The van der Waals surface area contributed by atoms with E-state index in [4.69, 9.17) is 23.1 Å². The maximum atomic E-state index is 12.8.